The van der Waals surface area contributed by atoms with Gasteiger partial charge in [0.25, 0.3) is 0 Å². The summed E-state index contributed by atoms with van der Waals surface area (Å²) in [5.41, 5.74) is 1.94. The van der Waals surface area contributed by atoms with E-state index in [2.05, 4.69) is 41.4 Å². The fraction of sp³-hybridized carbons (Fsp3) is 0.579. The number of nitrogens with zero attached hydrogens (tertiary/aromatic N) is 6. The average molecular weight is 1070 g/mol. The van der Waals surface area contributed by atoms with Crippen LogP contribution in [0.5, 0.6) is 0 Å². The van der Waals surface area contributed by atoms with Gasteiger partial charge in [-0.2, -0.15) is 0 Å². The van der Waals surface area contributed by atoms with Crippen LogP contribution in [0.3, 0.4) is 0 Å². The first-order valence-corrected chi connectivity index (χ1v) is 27.9. The summed E-state index contributed by atoms with van der Waals surface area (Å²) in [6.45, 7) is 8.27. The van der Waals surface area contributed by atoms with Gasteiger partial charge in [0.2, 0.25) is 11.8 Å². The molecule has 2 saturated carbocycles. The molecule has 3 aromatic carbocycles. The first-order valence-electron chi connectivity index (χ1n) is 27.9. The van der Waals surface area contributed by atoms with Crippen LogP contribution in [0, 0.1) is 46.4 Å². The van der Waals surface area contributed by atoms with Gasteiger partial charge in [-0.25, -0.2) is 37.1 Å². The maximum atomic E-state index is 17.0. The van der Waals surface area contributed by atoms with Crippen LogP contribution in [-0.2, 0) is 9.59 Å². The number of hydrogen-bond donors (Lipinski definition) is 6. The molecular weight excluding hydrogens is 997 g/mol. The van der Waals surface area contributed by atoms with Crippen molar-refractivity contribution in [1.82, 2.24) is 40.4 Å². The number of hydrogen-bond acceptors (Lipinski definition) is 8. The van der Waals surface area contributed by atoms with Gasteiger partial charge in [-0.05, 0) is 124 Å². The highest BCUT2D eigenvalue weighted by atomic mass is 19.1. The fourth-order valence-electron chi connectivity index (χ4n) is 14.3. The zero-order chi connectivity index (χ0) is 54.0. The van der Waals surface area contributed by atoms with Gasteiger partial charge in [-0.15, -0.1) is 0 Å². The number of carboxylic acid groups (broad SMARTS) is 2. The van der Waals surface area contributed by atoms with Crippen molar-refractivity contribution in [1.29, 1.82) is 0 Å². The highest BCUT2D eigenvalue weighted by Gasteiger charge is 2.44. The minimum absolute atomic E-state index is 0.0449. The molecule has 6 fully saturated rings. The molecule has 0 radical (unpaired) electrons. The van der Waals surface area contributed by atoms with Crippen molar-refractivity contribution in [3.8, 4) is 0 Å². The maximum absolute atomic E-state index is 17.0. The van der Waals surface area contributed by atoms with Gasteiger partial charge in [0.05, 0.1) is 46.2 Å². The predicted molar refractivity (Wildman–Crippen MR) is 281 cm³/mol. The fourth-order valence-corrected chi connectivity index (χ4v) is 14.3. The van der Waals surface area contributed by atoms with Crippen molar-refractivity contribution >= 4 is 57.4 Å². The third-order valence-corrected chi connectivity index (χ3v) is 18.2. The zero-order valence-corrected chi connectivity index (χ0v) is 44.0. The Balaban J connectivity index is 0.932. The van der Waals surface area contributed by atoms with Crippen LogP contribution >= 0.6 is 0 Å². The number of H-pyrrole nitrogens is 2. The van der Waals surface area contributed by atoms with Crippen LogP contribution < -0.4 is 20.4 Å². The van der Waals surface area contributed by atoms with Crippen LogP contribution in [0.15, 0.2) is 36.4 Å². The molecule has 2 aromatic heterocycles. The molecule has 0 spiro atoms. The molecule has 11 rings (SSSR count). The molecule has 412 valence electrons. The van der Waals surface area contributed by atoms with Gasteiger partial charge >= 0.3 is 12.2 Å². The summed E-state index contributed by atoms with van der Waals surface area (Å²) < 4.78 is 67.5. The summed E-state index contributed by atoms with van der Waals surface area (Å²) in [6.07, 6.45) is 8.60. The molecular formula is C57H70F4N10O6. The lowest BCUT2D eigenvalue weighted by atomic mass is 9.75. The Morgan fingerprint density at radius 3 is 1.39 bits per heavy atom. The van der Waals surface area contributed by atoms with Gasteiger partial charge in [-0.3, -0.25) is 9.59 Å². The largest absolute Gasteiger partial charge is 0.465 e. The highest BCUT2D eigenvalue weighted by Crippen LogP contribution is 2.51. The number of aromatic amines is 2. The molecule has 4 amide bonds. The smallest absolute Gasteiger partial charge is 0.405 e. The van der Waals surface area contributed by atoms with E-state index in [-0.39, 0.29) is 64.4 Å². The number of carbonyl (C=O) groups is 4. The number of piperidine rings is 1. The van der Waals surface area contributed by atoms with Gasteiger partial charge in [-0.1, -0.05) is 46.5 Å². The summed E-state index contributed by atoms with van der Waals surface area (Å²) in [5, 5.41) is 24.4. The minimum Gasteiger partial charge on any atom is -0.465 e. The molecule has 3 unspecified atom stereocenters. The summed E-state index contributed by atoms with van der Waals surface area (Å²) in [4.78, 5) is 75.1. The van der Waals surface area contributed by atoms with E-state index < -0.39 is 71.7 Å². The van der Waals surface area contributed by atoms with Crippen molar-refractivity contribution in [3.63, 3.8) is 0 Å². The van der Waals surface area contributed by atoms with E-state index in [4.69, 9.17) is 9.97 Å². The summed E-state index contributed by atoms with van der Waals surface area (Å²) in [7, 11) is 0. The van der Waals surface area contributed by atoms with Crippen molar-refractivity contribution < 1.29 is 47.0 Å². The van der Waals surface area contributed by atoms with E-state index in [1.54, 1.807) is 31.7 Å². The summed E-state index contributed by atoms with van der Waals surface area (Å²) in [5.74, 6) is -2.44. The number of anilines is 2. The molecule has 0 bridgehead atoms. The number of fused-ring (bicyclic) bond motifs is 2. The SMILES string of the molecule is CC(C)(C)C1CCN(c2c(F)cc(N3[C@@H](c4cc5[nH]c(C6CCCN6C(=O)C(NC(=O)O)C6CCCC6)nc5cc4F)CC[C@H]3c3cc4[nH]c(C5CCCN5C(=O)[C@@H](NC(=O)O)C5CCCC5)nc4cc3F)cc2F)CC1. The number of carbonyl (C=O) groups excluding carboxylic acids is 2. The number of amides is 4. The number of halogens is 4. The number of likely N-dealkylation sites (tertiary alicyclic amines) is 2. The number of imidazole rings is 2. The monoisotopic (exact) mass is 1070 g/mol. The molecule has 5 aromatic rings. The first kappa shape index (κ1) is 52.5. The van der Waals surface area contributed by atoms with Crippen molar-refractivity contribution in [2.24, 2.45) is 23.2 Å². The summed E-state index contributed by atoms with van der Waals surface area (Å²) in [6, 6.07) is 3.89. The Morgan fingerprint density at radius 1 is 0.558 bits per heavy atom. The number of benzene rings is 3. The topological polar surface area (TPSA) is 203 Å². The highest BCUT2D eigenvalue weighted by molar-refractivity contribution is 5.87. The first-order chi connectivity index (χ1) is 36.9. The maximum Gasteiger partial charge on any atom is 0.405 e. The number of nitrogens with one attached hydrogen (secondary N) is 4. The molecule has 4 saturated heterocycles. The van der Waals surface area contributed by atoms with Crippen LogP contribution in [-0.4, -0.2) is 102 Å². The lowest BCUT2D eigenvalue weighted by molar-refractivity contribution is -0.136. The zero-order valence-electron chi connectivity index (χ0n) is 44.0. The second-order valence-corrected chi connectivity index (χ2v) is 23.8. The molecule has 16 nitrogen and oxygen atoms in total. The van der Waals surface area contributed by atoms with Crippen molar-refractivity contribution in [3.05, 3.63) is 82.4 Å². The predicted octanol–water partition coefficient (Wildman–Crippen LogP) is 11.3. The Hall–Kier alpha value is -6.60. The van der Waals surface area contributed by atoms with Gasteiger partial charge in [0.15, 0.2) is 11.6 Å². The quantitative estimate of drug-likeness (QED) is 0.0653. The molecule has 6 aliphatic rings. The number of rotatable bonds is 12. The second-order valence-electron chi connectivity index (χ2n) is 23.8. The van der Waals surface area contributed by atoms with Crippen molar-refractivity contribution in [2.75, 3.05) is 36.0 Å². The molecule has 2 aliphatic carbocycles. The van der Waals surface area contributed by atoms with E-state index in [9.17, 15) is 29.4 Å². The van der Waals surface area contributed by atoms with Crippen molar-refractivity contribution in [2.45, 2.75) is 160 Å². The molecule has 4 aliphatic heterocycles. The summed E-state index contributed by atoms with van der Waals surface area (Å²) >= 11 is 0. The van der Waals surface area contributed by atoms with Gasteiger partial charge in [0.1, 0.15) is 41.1 Å². The molecule has 6 heterocycles. The van der Waals surface area contributed by atoms with Gasteiger partial charge in [0, 0.05) is 55.1 Å². The normalized spacial score (nSPS) is 23.7. The number of aromatic nitrogens is 4. The third-order valence-electron chi connectivity index (χ3n) is 18.2. The van der Waals surface area contributed by atoms with E-state index >= 15 is 17.6 Å². The average Bonchev–Trinajstić information content (AvgIpc) is 4.25. The molecule has 20 heteroatoms. The van der Waals surface area contributed by atoms with E-state index in [0.29, 0.717) is 91.5 Å². The molecule has 6 atom stereocenters. The Morgan fingerprint density at radius 2 is 0.987 bits per heavy atom. The van der Waals surface area contributed by atoms with E-state index in [0.717, 1.165) is 64.2 Å². The van der Waals surface area contributed by atoms with E-state index in [1.165, 1.54) is 24.3 Å². The van der Waals surface area contributed by atoms with Gasteiger partial charge < -0.3 is 50.4 Å². The third kappa shape index (κ3) is 10.1. The van der Waals surface area contributed by atoms with Crippen LogP contribution in [0.25, 0.3) is 22.1 Å². The lowest BCUT2D eigenvalue weighted by Crippen LogP contribution is -2.51. The lowest BCUT2D eigenvalue weighted by Gasteiger charge is -2.40. The van der Waals surface area contributed by atoms with Crippen LogP contribution in [0.2, 0.25) is 0 Å². The molecule has 6 N–H and O–H groups in total. The molecule has 77 heavy (non-hydrogen) atoms. The Bertz CT molecular complexity index is 2890. The standard InChI is InChI=1S/C57H70F4N10O6/c1-57(2,3)32-18-22-68(23-19-32)50-38(60)24-33(25-39(50)61)71-44(34-26-40-42(28-36(34)58)64-51(62-40)46-14-8-20-69(46)53(72)48(66-55(74)75)30-10-4-5-11-30)16-17-45(71)35-27-41-43(29-37(35)59)65-52(63-41)47-15-9-21-70(47)54(73)49(67-56(76)77)31-12-6-7-13-31/h24-32,44-49,66-67H,4-23H2,1-3H3,(H,62,64)(H,63,65)(H,74,75)(H,76,77)/t44-,45+,46?,47?,48-,49?/m0/s1. The van der Waals surface area contributed by atoms with Crippen LogP contribution in [0.4, 0.5) is 38.5 Å². The van der Waals surface area contributed by atoms with Crippen LogP contribution in [0.1, 0.15) is 170 Å². The Labute approximate surface area is 444 Å². The Kier molecular flexibility index (Phi) is 14.3. The van der Waals surface area contributed by atoms with E-state index in [1.807, 2.05) is 0 Å². The minimum atomic E-state index is -1.26. The second kappa shape index (κ2) is 21.0.